The molecule has 3 N–H and O–H groups in total. The Labute approximate surface area is 634 Å². The van der Waals surface area contributed by atoms with E-state index in [0.29, 0.717) is 32.1 Å². The van der Waals surface area contributed by atoms with E-state index in [9.17, 15) is 43.2 Å². The van der Waals surface area contributed by atoms with Gasteiger partial charge in [0.05, 0.1) is 26.4 Å². The normalized spacial score (nSPS) is 14.3. The maximum absolute atomic E-state index is 13.1. The second-order valence-electron chi connectivity index (χ2n) is 28.1. The predicted molar refractivity (Wildman–Crippen MR) is 427 cm³/mol. The van der Waals surface area contributed by atoms with Gasteiger partial charge >= 0.3 is 39.5 Å². The standard InChI is InChI=1S/C85H152O17P2/c1-5-9-13-17-21-25-29-33-37-39-43-46-50-54-58-62-66-70-83(88)96-76-80(101-84(89)71-67-63-59-55-51-47-42-36-32-28-24-20-16-12-8-4)77-99-103(91,92)97-73-79(86)74-98-104(93,94)100-78-81(75-95-82(87)69-65-61-57-53-49-45-41-35-31-27-23-19-15-11-7-3)102-85(90)72-68-64-60-56-52-48-44-40-38-34-30-26-22-18-14-10-6-2/h21,23,25,27,33,35-37,41-43,46,54,58,79-81,86H,5-20,22,24,26,28-32,34,38-40,44-45,47-53,55-57,59-78H2,1-4H3,(H,91,92)(H,93,94)/b25-21-,27-23-,37-33-,41-35-,42-36-,46-43-,58-54-/t79-,80+,81+/m0/s1. The largest absolute Gasteiger partial charge is 0.472 e. The van der Waals surface area contributed by atoms with E-state index in [1.54, 1.807) is 0 Å². The van der Waals surface area contributed by atoms with Crippen LogP contribution in [0.4, 0.5) is 0 Å². The van der Waals surface area contributed by atoms with Crippen molar-refractivity contribution in [3.63, 3.8) is 0 Å². The van der Waals surface area contributed by atoms with Crippen LogP contribution in [0.2, 0.25) is 0 Å². The number of allylic oxidation sites excluding steroid dienone is 14. The molecule has 0 aliphatic carbocycles. The van der Waals surface area contributed by atoms with Gasteiger partial charge < -0.3 is 33.8 Å². The summed E-state index contributed by atoms with van der Waals surface area (Å²) < 4.78 is 68.7. The summed E-state index contributed by atoms with van der Waals surface area (Å²) in [5.41, 5.74) is 0. The summed E-state index contributed by atoms with van der Waals surface area (Å²) in [5.74, 6) is -2.24. The molecule has 0 aliphatic rings. The van der Waals surface area contributed by atoms with Gasteiger partial charge in [-0.05, 0) is 122 Å². The lowest BCUT2D eigenvalue weighted by atomic mass is 10.0. The van der Waals surface area contributed by atoms with Crippen LogP contribution in [-0.4, -0.2) is 96.7 Å². The van der Waals surface area contributed by atoms with Crippen molar-refractivity contribution in [2.75, 3.05) is 39.6 Å². The van der Waals surface area contributed by atoms with E-state index >= 15 is 0 Å². The first-order valence-corrected chi connectivity index (χ1v) is 44.8. The first-order valence-electron chi connectivity index (χ1n) is 41.8. The fourth-order valence-corrected chi connectivity index (χ4v) is 13.0. The molecule has 0 amide bonds. The predicted octanol–water partition coefficient (Wildman–Crippen LogP) is 24.6. The number of unbranched alkanes of at least 4 members (excludes halogenated alkanes) is 39. The number of aliphatic hydroxyl groups is 1. The number of hydrogen-bond donors (Lipinski definition) is 3. The fraction of sp³-hybridized carbons (Fsp3) is 0.788. The topological polar surface area (TPSA) is 237 Å². The summed E-state index contributed by atoms with van der Waals surface area (Å²) in [5, 5.41) is 10.7. The first kappa shape index (κ1) is 100. The molecule has 0 aromatic carbocycles. The highest BCUT2D eigenvalue weighted by molar-refractivity contribution is 7.47. The van der Waals surface area contributed by atoms with Gasteiger partial charge in [0.15, 0.2) is 12.2 Å². The van der Waals surface area contributed by atoms with Crippen molar-refractivity contribution in [3.8, 4) is 0 Å². The Kier molecular flexibility index (Phi) is 74.6. The van der Waals surface area contributed by atoms with E-state index in [1.807, 2.05) is 12.2 Å². The van der Waals surface area contributed by atoms with Gasteiger partial charge in [-0.2, -0.15) is 0 Å². The van der Waals surface area contributed by atoms with E-state index < -0.39 is 97.5 Å². The second-order valence-corrected chi connectivity index (χ2v) is 31.0. The van der Waals surface area contributed by atoms with Crippen molar-refractivity contribution >= 4 is 39.5 Å². The van der Waals surface area contributed by atoms with E-state index in [2.05, 4.69) is 101 Å². The van der Waals surface area contributed by atoms with Crippen LogP contribution < -0.4 is 0 Å². The quantitative estimate of drug-likeness (QED) is 0.0169. The van der Waals surface area contributed by atoms with Gasteiger partial charge in [0.1, 0.15) is 19.3 Å². The minimum absolute atomic E-state index is 0.0751. The molecule has 0 aliphatic heterocycles. The maximum atomic E-state index is 13.1. The Bertz CT molecular complexity index is 2300. The lowest BCUT2D eigenvalue weighted by molar-refractivity contribution is -0.161. The summed E-state index contributed by atoms with van der Waals surface area (Å²) in [6.45, 7) is 4.80. The third-order valence-corrected chi connectivity index (χ3v) is 19.7. The van der Waals surface area contributed by atoms with Crippen LogP contribution in [0.1, 0.15) is 374 Å². The molecule has 5 atom stereocenters. The molecular weight excluding hydrogens is 1350 g/mol. The first-order chi connectivity index (χ1) is 50.7. The number of carbonyl (C=O) groups excluding carboxylic acids is 4. The second kappa shape index (κ2) is 77.4. The zero-order valence-electron chi connectivity index (χ0n) is 66.2. The van der Waals surface area contributed by atoms with Crippen LogP contribution in [0, 0.1) is 0 Å². The van der Waals surface area contributed by atoms with Crippen LogP contribution in [0.3, 0.4) is 0 Å². The van der Waals surface area contributed by atoms with Gasteiger partial charge in [-0.15, -0.1) is 0 Å². The highest BCUT2D eigenvalue weighted by Crippen LogP contribution is 2.45. The monoisotopic (exact) mass is 1510 g/mol. The van der Waals surface area contributed by atoms with Crippen molar-refractivity contribution in [1.29, 1.82) is 0 Å². The highest BCUT2D eigenvalue weighted by Gasteiger charge is 2.30. The fourth-order valence-electron chi connectivity index (χ4n) is 11.4. The number of rotatable bonds is 79. The molecule has 0 saturated carbocycles. The van der Waals surface area contributed by atoms with Gasteiger partial charge in [-0.25, -0.2) is 9.13 Å². The molecule has 0 radical (unpaired) electrons. The van der Waals surface area contributed by atoms with Crippen molar-refractivity contribution in [1.82, 2.24) is 0 Å². The molecule has 104 heavy (non-hydrogen) atoms. The molecule has 17 nitrogen and oxygen atoms in total. The molecule has 604 valence electrons. The number of ether oxygens (including phenoxy) is 4. The molecule has 0 aromatic heterocycles. The highest BCUT2D eigenvalue weighted by atomic mass is 31.2. The van der Waals surface area contributed by atoms with Crippen molar-refractivity contribution in [2.24, 2.45) is 0 Å². The maximum Gasteiger partial charge on any atom is 0.472 e. The number of aliphatic hydroxyl groups excluding tert-OH is 1. The summed E-state index contributed by atoms with van der Waals surface area (Å²) in [4.78, 5) is 73.1. The average molecular weight is 1510 g/mol. The summed E-state index contributed by atoms with van der Waals surface area (Å²) in [7, 11) is -9.97. The molecule has 0 fully saturated rings. The SMILES string of the molecule is CCCCC/C=C\C/C=C\C/C=C\C/C=C\CCCC(=O)OC[C@H](COP(=O)(O)OC[C@H](O)COP(=O)(O)OC[C@@H](COC(=O)CCCCCCC/C=C\C/C=C\CCCCC)OC(=O)CCCCCCCCCCCCCCCCCCC)OC(=O)CCCCCCC/C=C\CCCCCCCC. The Hall–Kier alpha value is -3.76. The Morgan fingerprint density at radius 3 is 0.788 bits per heavy atom. The Morgan fingerprint density at radius 2 is 0.481 bits per heavy atom. The van der Waals surface area contributed by atoms with E-state index in [4.69, 9.17) is 37.0 Å². The minimum Gasteiger partial charge on any atom is -0.462 e. The molecule has 2 unspecified atom stereocenters. The zero-order valence-corrected chi connectivity index (χ0v) is 68.0. The van der Waals surface area contributed by atoms with Crippen molar-refractivity contribution in [2.45, 2.75) is 393 Å². The molecular formula is C85H152O17P2. The molecule has 0 rings (SSSR count). The molecule has 0 heterocycles. The number of hydrogen-bond acceptors (Lipinski definition) is 15. The lowest BCUT2D eigenvalue weighted by Gasteiger charge is -2.21. The van der Waals surface area contributed by atoms with Crippen LogP contribution in [0.15, 0.2) is 85.1 Å². The third kappa shape index (κ3) is 76.4. The van der Waals surface area contributed by atoms with Crippen molar-refractivity contribution < 1.29 is 80.2 Å². The van der Waals surface area contributed by atoms with Crippen molar-refractivity contribution in [3.05, 3.63) is 85.1 Å². The van der Waals surface area contributed by atoms with E-state index in [-0.39, 0.29) is 25.7 Å². The number of phosphoric ester groups is 2. The molecule has 0 saturated heterocycles. The smallest absolute Gasteiger partial charge is 0.462 e. The van der Waals surface area contributed by atoms with Crippen LogP contribution >= 0.6 is 15.6 Å². The molecule has 0 spiro atoms. The number of phosphoric acid groups is 2. The van der Waals surface area contributed by atoms with E-state index in [1.165, 1.54) is 154 Å². The van der Waals surface area contributed by atoms with Crippen LogP contribution in [0.25, 0.3) is 0 Å². The average Bonchev–Trinajstić information content (AvgIpc) is 0.909. The molecule has 0 bridgehead atoms. The van der Waals surface area contributed by atoms with Gasteiger partial charge in [0.2, 0.25) is 0 Å². The van der Waals surface area contributed by atoms with Crippen LogP contribution in [-0.2, 0) is 65.4 Å². The summed E-state index contributed by atoms with van der Waals surface area (Å²) >= 11 is 0. The molecule has 19 heteroatoms. The summed E-state index contributed by atoms with van der Waals surface area (Å²) in [6, 6.07) is 0. The third-order valence-electron chi connectivity index (χ3n) is 17.8. The van der Waals surface area contributed by atoms with Gasteiger partial charge in [0.25, 0.3) is 0 Å². The molecule has 0 aromatic rings. The van der Waals surface area contributed by atoms with Gasteiger partial charge in [-0.1, -0.05) is 312 Å². The van der Waals surface area contributed by atoms with Crippen LogP contribution in [0.5, 0.6) is 0 Å². The van der Waals surface area contributed by atoms with Gasteiger partial charge in [0, 0.05) is 25.7 Å². The number of carbonyl (C=O) groups is 4. The van der Waals surface area contributed by atoms with Gasteiger partial charge in [-0.3, -0.25) is 37.3 Å². The minimum atomic E-state index is -4.99. The Balaban J connectivity index is 5.40. The Morgan fingerprint density at radius 1 is 0.269 bits per heavy atom. The summed E-state index contributed by atoms with van der Waals surface area (Å²) in [6.07, 6.45) is 81.3. The van der Waals surface area contributed by atoms with E-state index in [0.717, 1.165) is 135 Å². The zero-order chi connectivity index (χ0) is 76.0. The number of esters is 4. The lowest BCUT2D eigenvalue weighted by Crippen LogP contribution is -2.30.